The van der Waals surface area contributed by atoms with Crippen molar-refractivity contribution in [2.75, 3.05) is 0 Å². The molecular weight excluding hydrogens is 327 g/mol. The van der Waals surface area contributed by atoms with Crippen LogP contribution in [0.5, 0.6) is 0 Å². The highest BCUT2D eigenvalue weighted by molar-refractivity contribution is 6.16. The van der Waals surface area contributed by atoms with E-state index in [0.29, 0.717) is 0 Å². The van der Waals surface area contributed by atoms with Gasteiger partial charge in [0.05, 0.1) is 11.6 Å². The molecule has 1 aliphatic carbocycles. The largest absolute Gasteiger partial charge is 0.369 e. The zero-order valence-electron chi connectivity index (χ0n) is 15.7. The SMILES string of the molecule is [B]C1(c2ccc3c(c2)-c2ccccc2Cc2ccccc2-3)C=C(C)C(C)O1. The number of hydrogen-bond acceptors (Lipinski definition) is 1. The highest BCUT2D eigenvalue weighted by Crippen LogP contribution is 2.43. The Morgan fingerprint density at radius 1 is 0.852 bits per heavy atom. The van der Waals surface area contributed by atoms with Crippen LogP contribution < -0.4 is 0 Å². The first kappa shape index (κ1) is 16.6. The number of benzene rings is 3. The van der Waals surface area contributed by atoms with Crippen LogP contribution in [0.1, 0.15) is 30.5 Å². The highest BCUT2D eigenvalue weighted by atomic mass is 16.5. The fourth-order valence-electron chi connectivity index (χ4n) is 4.35. The molecule has 2 heteroatoms. The standard InChI is InChI=1S/C25H21BO/c1-16-15-25(26,27-17(16)2)20-11-12-23-21-9-5-3-7-18(21)13-19-8-4-6-10-22(19)24(23)14-20/h3-12,14-15,17H,13H2,1-2H3. The predicted molar refractivity (Wildman–Crippen MR) is 112 cm³/mol. The number of rotatable bonds is 1. The summed E-state index contributed by atoms with van der Waals surface area (Å²) in [5, 5.41) is 0. The van der Waals surface area contributed by atoms with Gasteiger partial charge in [0.15, 0.2) is 0 Å². The lowest BCUT2D eigenvalue weighted by atomic mass is 9.74. The van der Waals surface area contributed by atoms with Crippen LogP contribution in [0.3, 0.4) is 0 Å². The summed E-state index contributed by atoms with van der Waals surface area (Å²) >= 11 is 0. The number of ether oxygens (including phenoxy) is 1. The van der Waals surface area contributed by atoms with Gasteiger partial charge in [0.2, 0.25) is 0 Å². The molecule has 2 radical (unpaired) electrons. The quantitative estimate of drug-likeness (QED) is 0.321. The lowest BCUT2D eigenvalue weighted by molar-refractivity contribution is 0.0362. The second-order valence-electron chi connectivity index (χ2n) is 7.69. The molecule has 0 aromatic heterocycles. The van der Waals surface area contributed by atoms with Gasteiger partial charge >= 0.3 is 0 Å². The second-order valence-corrected chi connectivity index (χ2v) is 7.69. The van der Waals surface area contributed by atoms with E-state index < -0.39 is 5.50 Å². The van der Waals surface area contributed by atoms with Gasteiger partial charge in [-0.25, -0.2) is 0 Å². The Balaban J connectivity index is 1.76. The Hall–Kier alpha value is -2.58. The molecule has 0 saturated heterocycles. The Morgan fingerprint density at radius 3 is 2.11 bits per heavy atom. The van der Waals surface area contributed by atoms with Crippen molar-refractivity contribution in [3.63, 3.8) is 0 Å². The molecule has 3 aromatic rings. The summed E-state index contributed by atoms with van der Waals surface area (Å²) in [5.74, 6) is 0. The lowest BCUT2D eigenvalue weighted by Crippen LogP contribution is -2.26. The smallest absolute Gasteiger partial charge is 0.126 e. The van der Waals surface area contributed by atoms with Crippen LogP contribution in [-0.2, 0) is 16.7 Å². The minimum atomic E-state index is -0.862. The molecule has 3 aromatic carbocycles. The molecule has 27 heavy (non-hydrogen) atoms. The van der Waals surface area contributed by atoms with E-state index in [1.54, 1.807) is 0 Å². The summed E-state index contributed by atoms with van der Waals surface area (Å²) in [6.07, 6.45) is 3.04. The van der Waals surface area contributed by atoms with Gasteiger partial charge < -0.3 is 4.74 Å². The molecule has 1 aliphatic heterocycles. The zero-order chi connectivity index (χ0) is 18.6. The normalized spacial score (nSPS) is 23.0. The minimum absolute atomic E-state index is 0.0434. The second kappa shape index (κ2) is 5.97. The number of hydrogen-bond donors (Lipinski definition) is 0. The molecule has 0 saturated carbocycles. The van der Waals surface area contributed by atoms with Gasteiger partial charge in [0, 0.05) is 0 Å². The molecule has 2 atom stereocenters. The van der Waals surface area contributed by atoms with Crippen LogP contribution in [-0.4, -0.2) is 14.0 Å². The van der Waals surface area contributed by atoms with E-state index in [0.717, 1.165) is 12.0 Å². The fourth-order valence-corrected chi connectivity index (χ4v) is 4.35. The van der Waals surface area contributed by atoms with Crippen LogP contribution in [0, 0.1) is 0 Å². The van der Waals surface area contributed by atoms with Crippen LogP contribution in [0.4, 0.5) is 0 Å². The maximum absolute atomic E-state index is 6.65. The lowest BCUT2D eigenvalue weighted by Gasteiger charge is -2.26. The molecule has 0 N–H and O–H groups in total. The molecule has 0 bridgehead atoms. The van der Waals surface area contributed by atoms with Gasteiger partial charge in [-0.1, -0.05) is 66.7 Å². The van der Waals surface area contributed by atoms with E-state index in [4.69, 9.17) is 12.6 Å². The van der Waals surface area contributed by atoms with Crippen molar-refractivity contribution in [3.8, 4) is 22.3 Å². The third-order valence-corrected chi connectivity index (χ3v) is 5.92. The summed E-state index contributed by atoms with van der Waals surface area (Å²) in [4.78, 5) is 0. The summed E-state index contributed by atoms with van der Waals surface area (Å²) in [5.41, 5.74) is 9.09. The van der Waals surface area contributed by atoms with E-state index in [-0.39, 0.29) is 6.10 Å². The van der Waals surface area contributed by atoms with E-state index in [2.05, 4.69) is 86.7 Å². The van der Waals surface area contributed by atoms with Gasteiger partial charge in [-0.3, -0.25) is 0 Å². The summed E-state index contributed by atoms with van der Waals surface area (Å²) in [6.45, 7) is 4.13. The average molecular weight is 348 g/mol. The van der Waals surface area contributed by atoms with Crippen molar-refractivity contribution < 1.29 is 4.74 Å². The highest BCUT2D eigenvalue weighted by Gasteiger charge is 2.34. The van der Waals surface area contributed by atoms with Gasteiger partial charge in [0.25, 0.3) is 0 Å². The van der Waals surface area contributed by atoms with Crippen molar-refractivity contribution in [2.45, 2.75) is 31.9 Å². The van der Waals surface area contributed by atoms with Gasteiger partial charge in [0.1, 0.15) is 7.85 Å². The molecule has 130 valence electrons. The average Bonchev–Trinajstić information content (AvgIpc) is 2.87. The van der Waals surface area contributed by atoms with Crippen molar-refractivity contribution in [2.24, 2.45) is 0 Å². The van der Waals surface area contributed by atoms with Crippen molar-refractivity contribution in [1.82, 2.24) is 0 Å². The summed E-state index contributed by atoms with van der Waals surface area (Å²) < 4.78 is 6.11. The minimum Gasteiger partial charge on any atom is -0.369 e. The molecule has 0 fully saturated rings. The third kappa shape index (κ3) is 2.59. The molecule has 1 nitrogen and oxygen atoms in total. The summed E-state index contributed by atoms with van der Waals surface area (Å²) in [7, 11) is 6.65. The molecule has 2 aliphatic rings. The van der Waals surface area contributed by atoms with Crippen molar-refractivity contribution in [1.29, 1.82) is 0 Å². The van der Waals surface area contributed by atoms with E-state index in [1.165, 1.54) is 39.0 Å². The first-order valence-electron chi connectivity index (χ1n) is 9.52. The molecule has 5 rings (SSSR count). The van der Waals surface area contributed by atoms with Crippen molar-refractivity contribution in [3.05, 3.63) is 95.1 Å². The molecule has 0 amide bonds. The van der Waals surface area contributed by atoms with Gasteiger partial charge in [-0.05, 0) is 70.9 Å². The topological polar surface area (TPSA) is 9.23 Å². The maximum Gasteiger partial charge on any atom is 0.126 e. The Labute approximate surface area is 162 Å². The Bertz CT molecular complexity index is 1080. The predicted octanol–water partition coefficient (Wildman–Crippen LogP) is 5.61. The number of fused-ring (bicyclic) bond motifs is 5. The third-order valence-electron chi connectivity index (χ3n) is 5.92. The molecule has 1 heterocycles. The first-order valence-corrected chi connectivity index (χ1v) is 9.52. The van der Waals surface area contributed by atoms with Gasteiger partial charge in [-0.15, -0.1) is 0 Å². The molecule has 2 unspecified atom stereocenters. The summed E-state index contributed by atoms with van der Waals surface area (Å²) in [6, 6.07) is 23.9. The van der Waals surface area contributed by atoms with Crippen LogP contribution >= 0.6 is 0 Å². The first-order chi connectivity index (χ1) is 13.0. The molecular formula is C25H21BO. The van der Waals surface area contributed by atoms with Crippen LogP contribution in [0.2, 0.25) is 0 Å². The maximum atomic E-state index is 6.65. The van der Waals surface area contributed by atoms with Crippen LogP contribution in [0.15, 0.2) is 78.4 Å². The van der Waals surface area contributed by atoms with E-state index in [1.807, 2.05) is 0 Å². The van der Waals surface area contributed by atoms with E-state index >= 15 is 0 Å². The van der Waals surface area contributed by atoms with Gasteiger partial charge in [-0.2, -0.15) is 0 Å². The molecule has 0 spiro atoms. The Morgan fingerprint density at radius 2 is 1.48 bits per heavy atom. The Kier molecular flexibility index (Phi) is 3.67. The van der Waals surface area contributed by atoms with Crippen LogP contribution in [0.25, 0.3) is 22.3 Å². The zero-order valence-corrected chi connectivity index (χ0v) is 15.7. The van der Waals surface area contributed by atoms with E-state index in [9.17, 15) is 0 Å². The van der Waals surface area contributed by atoms with Crippen molar-refractivity contribution >= 4 is 7.85 Å². The monoisotopic (exact) mass is 348 g/mol. The fraction of sp³-hybridized carbons (Fsp3) is 0.200.